The van der Waals surface area contributed by atoms with Gasteiger partial charge in [0.15, 0.2) is 0 Å². The molecule has 2 aromatic rings. The average molecular weight is 278 g/mol. The Hall–Kier alpha value is -1.69. The SMILES string of the molecule is CCCOc1ccnc(NC(C)c2ncc(C)s2)n1. The van der Waals surface area contributed by atoms with Crippen molar-refractivity contribution < 1.29 is 4.74 Å². The fourth-order valence-corrected chi connectivity index (χ4v) is 2.30. The number of aromatic nitrogens is 3. The number of rotatable bonds is 6. The molecule has 5 nitrogen and oxygen atoms in total. The molecule has 0 amide bonds. The van der Waals surface area contributed by atoms with E-state index in [-0.39, 0.29) is 6.04 Å². The molecule has 2 heterocycles. The van der Waals surface area contributed by atoms with Gasteiger partial charge in [-0.2, -0.15) is 4.98 Å². The van der Waals surface area contributed by atoms with Crippen LogP contribution < -0.4 is 10.1 Å². The van der Waals surface area contributed by atoms with Gasteiger partial charge in [0, 0.05) is 23.3 Å². The molecule has 0 aliphatic carbocycles. The summed E-state index contributed by atoms with van der Waals surface area (Å²) in [7, 11) is 0. The Balaban J connectivity index is 2.02. The van der Waals surface area contributed by atoms with Crippen molar-refractivity contribution in [2.24, 2.45) is 0 Å². The van der Waals surface area contributed by atoms with Crippen LogP contribution in [0.2, 0.25) is 0 Å². The monoisotopic (exact) mass is 278 g/mol. The number of hydrogen-bond acceptors (Lipinski definition) is 6. The molecule has 19 heavy (non-hydrogen) atoms. The van der Waals surface area contributed by atoms with E-state index in [9.17, 15) is 0 Å². The van der Waals surface area contributed by atoms with E-state index in [1.165, 1.54) is 4.88 Å². The highest BCUT2D eigenvalue weighted by atomic mass is 32.1. The quantitative estimate of drug-likeness (QED) is 0.879. The summed E-state index contributed by atoms with van der Waals surface area (Å²) in [5.41, 5.74) is 0. The summed E-state index contributed by atoms with van der Waals surface area (Å²) in [5, 5.41) is 4.26. The Morgan fingerprint density at radius 2 is 2.26 bits per heavy atom. The zero-order chi connectivity index (χ0) is 13.7. The van der Waals surface area contributed by atoms with Gasteiger partial charge >= 0.3 is 0 Å². The maximum absolute atomic E-state index is 5.48. The molecule has 0 fully saturated rings. The molecule has 6 heteroatoms. The second-order valence-electron chi connectivity index (χ2n) is 4.24. The number of nitrogens with zero attached hydrogens (tertiary/aromatic N) is 3. The number of nitrogens with one attached hydrogen (secondary N) is 1. The highest BCUT2D eigenvalue weighted by Gasteiger charge is 2.11. The molecule has 2 aromatic heterocycles. The van der Waals surface area contributed by atoms with Crippen molar-refractivity contribution in [1.29, 1.82) is 0 Å². The molecule has 1 N–H and O–H groups in total. The first-order valence-corrected chi connectivity index (χ1v) is 7.15. The highest BCUT2D eigenvalue weighted by molar-refractivity contribution is 7.11. The largest absolute Gasteiger partial charge is 0.478 e. The van der Waals surface area contributed by atoms with Crippen molar-refractivity contribution in [3.63, 3.8) is 0 Å². The van der Waals surface area contributed by atoms with Crippen molar-refractivity contribution >= 4 is 17.3 Å². The van der Waals surface area contributed by atoms with Gasteiger partial charge < -0.3 is 10.1 Å². The Bertz CT molecular complexity index is 529. The molecular formula is C13H18N4OS. The van der Waals surface area contributed by atoms with Gasteiger partial charge in [-0.15, -0.1) is 11.3 Å². The molecule has 0 aliphatic heterocycles. The van der Waals surface area contributed by atoms with Crippen LogP contribution in [0, 0.1) is 6.92 Å². The Morgan fingerprint density at radius 3 is 2.95 bits per heavy atom. The summed E-state index contributed by atoms with van der Waals surface area (Å²) < 4.78 is 5.48. The predicted molar refractivity (Wildman–Crippen MR) is 76.7 cm³/mol. The summed E-state index contributed by atoms with van der Waals surface area (Å²) in [6, 6.07) is 1.85. The summed E-state index contributed by atoms with van der Waals surface area (Å²) in [4.78, 5) is 14.1. The summed E-state index contributed by atoms with van der Waals surface area (Å²) in [6.07, 6.45) is 4.53. The maximum atomic E-state index is 5.48. The lowest BCUT2D eigenvalue weighted by Gasteiger charge is -2.11. The minimum absolute atomic E-state index is 0.0834. The molecular weight excluding hydrogens is 260 g/mol. The Labute approximate surface area is 117 Å². The van der Waals surface area contributed by atoms with E-state index in [4.69, 9.17) is 4.74 Å². The van der Waals surface area contributed by atoms with Gasteiger partial charge in [-0.1, -0.05) is 6.92 Å². The molecule has 1 atom stereocenters. The second-order valence-corrected chi connectivity index (χ2v) is 5.51. The smallest absolute Gasteiger partial charge is 0.226 e. The lowest BCUT2D eigenvalue weighted by Crippen LogP contribution is -2.09. The third kappa shape index (κ3) is 3.89. The van der Waals surface area contributed by atoms with Gasteiger partial charge in [-0.3, -0.25) is 0 Å². The van der Waals surface area contributed by atoms with Gasteiger partial charge in [-0.05, 0) is 20.3 Å². The van der Waals surface area contributed by atoms with Gasteiger partial charge in [0.25, 0.3) is 0 Å². The van der Waals surface area contributed by atoms with Crippen LogP contribution in [0.15, 0.2) is 18.5 Å². The van der Waals surface area contributed by atoms with Crippen molar-refractivity contribution in [2.75, 3.05) is 11.9 Å². The first-order valence-electron chi connectivity index (χ1n) is 6.33. The van der Waals surface area contributed by atoms with Crippen molar-refractivity contribution in [3.8, 4) is 5.88 Å². The second kappa shape index (κ2) is 6.47. The van der Waals surface area contributed by atoms with Crippen LogP contribution in [0.25, 0.3) is 0 Å². The summed E-state index contributed by atoms with van der Waals surface area (Å²) in [5.74, 6) is 1.16. The molecule has 0 saturated carbocycles. The van der Waals surface area contributed by atoms with E-state index in [2.05, 4.69) is 27.2 Å². The number of hydrogen-bond donors (Lipinski definition) is 1. The van der Waals surface area contributed by atoms with Crippen LogP contribution in [0.5, 0.6) is 5.88 Å². The van der Waals surface area contributed by atoms with Crippen molar-refractivity contribution in [2.45, 2.75) is 33.2 Å². The zero-order valence-corrected chi connectivity index (χ0v) is 12.2. The lowest BCUT2D eigenvalue weighted by atomic mass is 10.3. The van der Waals surface area contributed by atoms with Crippen molar-refractivity contribution in [1.82, 2.24) is 15.0 Å². The molecule has 0 radical (unpaired) electrons. The molecule has 0 saturated heterocycles. The van der Waals surface area contributed by atoms with Crippen LogP contribution >= 0.6 is 11.3 Å². The fourth-order valence-electron chi connectivity index (χ4n) is 1.53. The van der Waals surface area contributed by atoms with E-state index in [1.54, 1.807) is 23.6 Å². The van der Waals surface area contributed by atoms with Crippen LogP contribution in [0.4, 0.5) is 5.95 Å². The Kier molecular flexibility index (Phi) is 4.68. The summed E-state index contributed by atoms with van der Waals surface area (Å²) >= 11 is 1.67. The van der Waals surface area contributed by atoms with E-state index >= 15 is 0 Å². The number of aryl methyl sites for hydroxylation is 1. The molecule has 0 aromatic carbocycles. The average Bonchev–Trinajstić information content (AvgIpc) is 2.83. The van der Waals surface area contributed by atoms with Gasteiger partial charge in [-0.25, -0.2) is 9.97 Å². The third-order valence-corrected chi connectivity index (χ3v) is 3.53. The van der Waals surface area contributed by atoms with Crippen molar-refractivity contribution in [3.05, 3.63) is 28.3 Å². The maximum Gasteiger partial charge on any atom is 0.226 e. The third-order valence-electron chi connectivity index (χ3n) is 2.44. The number of anilines is 1. The fraction of sp³-hybridized carbons (Fsp3) is 0.462. The van der Waals surface area contributed by atoms with E-state index in [0.29, 0.717) is 18.4 Å². The molecule has 0 aliphatic rings. The van der Waals surface area contributed by atoms with Crippen LogP contribution in [-0.2, 0) is 0 Å². The lowest BCUT2D eigenvalue weighted by molar-refractivity contribution is 0.305. The molecule has 102 valence electrons. The van der Waals surface area contributed by atoms with Crippen LogP contribution in [0.1, 0.15) is 36.2 Å². The van der Waals surface area contributed by atoms with Gasteiger partial charge in [0.2, 0.25) is 11.8 Å². The minimum atomic E-state index is 0.0834. The molecule has 0 bridgehead atoms. The number of thiazole rings is 1. The Morgan fingerprint density at radius 1 is 1.42 bits per heavy atom. The zero-order valence-electron chi connectivity index (χ0n) is 11.4. The van der Waals surface area contributed by atoms with Gasteiger partial charge in [0.1, 0.15) is 5.01 Å². The van der Waals surface area contributed by atoms with E-state index < -0.39 is 0 Å². The van der Waals surface area contributed by atoms with Crippen LogP contribution in [-0.4, -0.2) is 21.6 Å². The number of ether oxygens (including phenoxy) is 1. The van der Waals surface area contributed by atoms with E-state index in [0.717, 1.165) is 11.4 Å². The standard InChI is InChI=1S/C13H18N4OS/c1-4-7-18-11-5-6-14-13(17-11)16-10(3)12-15-8-9(2)19-12/h5-6,8,10H,4,7H2,1-3H3,(H,14,16,17). The molecule has 2 rings (SSSR count). The first-order chi connectivity index (χ1) is 9.19. The highest BCUT2D eigenvalue weighted by Crippen LogP contribution is 2.22. The first kappa shape index (κ1) is 13.7. The van der Waals surface area contributed by atoms with Gasteiger partial charge in [0.05, 0.1) is 12.6 Å². The summed E-state index contributed by atoms with van der Waals surface area (Å²) in [6.45, 7) is 6.82. The minimum Gasteiger partial charge on any atom is -0.478 e. The molecule has 0 spiro atoms. The normalized spacial score (nSPS) is 12.2. The van der Waals surface area contributed by atoms with Crippen LogP contribution in [0.3, 0.4) is 0 Å². The topological polar surface area (TPSA) is 59.9 Å². The predicted octanol–water partition coefficient (Wildman–Crippen LogP) is 3.20. The molecule has 1 unspecified atom stereocenters. The van der Waals surface area contributed by atoms with E-state index in [1.807, 2.05) is 20.0 Å².